The molecule has 0 radical (unpaired) electrons. The Hall–Kier alpha value is -1.84. The van der Waals surface area contributed by atoms with Gasteiger partial charge in [-0.05, 0) is 6.07 Å². The van der Waals surface area contributed by atoms with Gasteiger partial charge < -0.3 is 9.15 Å². The number of hydrogen-bond acceptors (Lipinski definition) is 4. The largest absolute Gasteiger partial charge is 0.462 e. The van der Waals surface area contributed by atoms with Gasteiger partial charge in [0.15, 0.2) is 0 Å². The number of carbonyl (C=O) groups excluding carboxylic acids is 1. The highest BCUT2D eigenvalue weighted by Crippen LogP contribution is 2.19. The maximum absolute atomic E-state index is 11.1. The topological polar surface area (TPSA) is 56.5 Å². The Bertz CT molecular complexity index is 484. The minimum atomic E-state index is -0.379. The summed E-state index contributed by atoms with van der Waals surface area (Å²) in [6.45, 7) is 1.37. The number of carbonyl (C=O) groups is 1. The number of rotatable bonds is 1. The van der Waals surface area contributed by atoms with Gasteiger partial charge >= 0.3 is 11.6 Å². The summed E-state index contributed by atoms with van der Waals surface area (Å²) in [5.41, 5.74) is 0.491. The highest BCUT2D eigenvalue weighted by molar-refractivity contribution is 5.66. The van der Waals surface area contributed by atoms with Gasteiger partial charge in [0.25, 0.3) is 0 Å². The van der Waals surface area contributed by atoms with E-state index in [1.54, 1.807) is 6.07 Å². The second-order valence-electron chi connectivity index (χ2n) is 3.71. The van der Waals surface area contributed by atoms with Gasteiger partial charge in [-0.2, -0.15) is 0 Å². The second kappa shape index (κ2) is 4.35. The van der Waals surface area contributed by atoms with Crippen molar-refractivity contribution in [2.45, 2.75) is 25.9 Å². The second-order valence-corrected chi connectivity index (χ2v) is 3.71. The molecule has 0 unspecified atom stereocenters. The van der Waals surface area contributed by atoms with Crippen LogP contribution < -0.4 is 5.63 Å². The van der Waals surface area contributed by atoms with Crippen LogP contribution in [-0.2, 0) is 16.0 Å². The Morgan fingerprint density at radius 2 is 2.31 bits per heavy atom. The third kappa shape index (κ3) is 2.39. The van der Waals surface area contributed by atoms with E-state index >= 15 is 0 Å². The number of hydrogen-bond donors (Lipinski definition) is 0. The van der Waals surface area contributed by atoms with Crippen LogP contribution in [0.1, 0.15) is 24.7 Å². The van der Waals surface area contributed by atoms with Crippen molar-refractivity contribution in [1.29, 1.82) is 0 Å². The summed E-state index contributed by atoms with van der Waals surface area (Å²) in [7, 11) is 0. The number of esters is 1. The summed E-state index contributed by atoms with van der Waals surface area (Å²) in [4.78, 5) is 21.9. The summed E-state index contributed by atoms with van der Waals surface area (Å²) >= 11 is 0. The van der Waals surface area contributed by atoms with Gasteiger partial charge in [0.2, 0.25) is 0 Å². The number of ether oxygens (including phenoxy) is 1. The lowest BCUT2D eigenvalue weighted by atomic mass is 10.1. The smallest absolute Gasteiger partial charge is 0.335 e. The molecule has 0 aromatic carbocycles. The van der Waals surface area contributed by atoms with Crippen molar-refractivity contribution in [2.24, 2.45) is 0 Å². The first-order valence-corrected chi connectivity index (χ1v) is 5.12. The lowest BCUT2D eigenvalue weighted by molar-refractivity contribution is -0.146. The average Bonchev–Trinajstić information content (AvgIpc) is 2.37. The van der Waals surface area contributed by atoms with Crippen LogP contribution >= 0.6 is 0 Å². The molecular weight excluding hydrogens is 208 g/mol. The van der Waals surface area contributed by atoms with Crippen LogP contribution in [-0.4, -0.2) is 12.1 Å². The van der Waals surface area contributed by atoms with Crippen LogP contribution in [0.25, 0.3) is 6.08 Å². The van der Waals surface area contributed by atoms with Crippen molar-refractivity contribution in [3.63, 3.8) is 0 Å². The van der Waals surface area contributed by atoms with E-state index in [0.717, 1.165) is 5.56 Å². The van der Waals surface area contributed by atoms with Crippen molar-refractivity contribution in [1.82, 2.24) is 0 Å². The molecule has 1 atom stereocenters. The lowest BCUT2D eigenvalue weighted by Crippen LogP contribution is -2.18. The molecule has 1 aliphatic rings. The minimum Gasteiger partial charge on any atom is -0.462 e. The molecule has 0 N–H and O–H groups in total. The molecule has 16 heavy (non-hydrogen) atoms. The van der Waals surface area contributed by atoms with Crippen LogP contribution in [0.15, 0.2) is 27.4 Å². The highest BCUT2D eigenvalue weighted by Gasteiger charge is 2.18. The normalized spacial score (nSPS) is 18.7. The third-order valence-electron chi connectivity index (χ3n) is 2.39. The first-order valence-electron chi connectivity index (χ1n) is 5.12. The Balaban J connectivity index is 2.27. The molecule has 0 spiro atoms. The quantitative estimate of drug-likeness (QED) is 0.673. The molecule has 0 bridgehead atoms. The molecule has 4 nitrogen and oxygen atoms in total. The van der Waals surface area contributed by atoms with Crippen LogP contribution in [0.3, 0.4) is 0 Å². The summed E-state index contributed by atoms with van der Waals surface area (Å²) < 4.78 is 10.2. The molecular formula is C12H12O4. The Morgan fingerprint density at radius 1 is 1.50 bits per heavy atom. The maximum atomic E-state index is 11.1. The molecule has 0 fully saturated rings. The Morgan fingerprint density at radius 3 is 3.06 bits per heavy atom. The van der Waals surface area contributed by atoms with Crippen molar-refractivity contribution in [3.8, 4) is 0 Å². The van der Waals surface area contributed by atoms with E-state index in [-0.39, 0.29) is 17.7 Å². The van der Waals surface area contributed by atoms with Crippen molar-refractivity contribution in [3.05, 3.63) is 40.0 Å². The highest BCUT2D eigenvalue weighted by atomic mass is 16.5. The van der Waals surface area contributed by atoms with Gasteiger partial charge in [-0.1, -0.05) is 12.2 Å². The van der Waals surface area contributed by atoms with Gasteiger partial charge in [-0.25, -0.2) is 4.79 Å². The molecule has 2 rings (SSSR count). The van der Waals surface area contributed by atoms with E-state index in [4.69, 9.17) is 9.15 Å². The Kier molecular flexibility index (Phi) is 2.90. The predicted octanol–water partition coefficient (Wildman–Crippen LogP) is 1.53. The zero-order chi connectivity index (χ0) is 11.5. The molecule has 0 saturated carbocycles. The number of fused-ring (bicyclic) bond motifs is 1. The molecule has 1 aromatic heterocycles. The molecule has 0 saturated heterocycles. The standard InChI is InChI=1S/C12H12O4/c1-8(13)15-10-4-2-3-9-5-6-12(14)16-11(9)7-10/h2-3,5-6,10H,4,7H2,1H3/t10-/m1/s1. The summed E-state index contributed by atoms with van der Waals surface area (Å²) in [6.07, 6.45) is 4.62. The maximum Gasteiger partial charge on any atom is 0.335 e. The SMILES string of the molecule is CC(=O)O[C@@H]1CC=Cc2ccc(=O)oc2C1. The molecule has 1 aromatic rings. The third-order valence-corrected chi connectivity index (χ3v) is 2.39. The summed E-state index contributed by atoms with van der Waals surface area (Å²) in [6, 6.07) is 3.10. The van der Waals surface area contributed by atoms with Crippen LogP contribution in [0.5, 0.6) is 0 Å². The van der Waals surface area contributed by atoms with Crippen LogP contribution in [0.4, 0.5) is 0 Å². The van der Waals surface area contributed by atoms with E-state index in [0.29, 0.717) is 18.6 Å². The van der Waals surface area contributed by atoms with Gasteiger partial charge in [0.1, 0.15) is 11.9 Å². The fourth-order valence-electron chi connectivity index (χ4n) is 1.73. The minimum absolute atomic E-state index is 0.249. The van der Waals surface area contributed by atoms with E-state index < -0.39 is 0 Å². The van der Waals surface area contributed by atoms with Crippen LogP contribution in [0.2, 0.25) is 0 Å². The monoisotopic (exact) mass is 220 g/mol. The molecule has 1 aliphatic carbocycles. The first-order chi connectivity index (χ1) is 7.65. The first kappa shape index (κ1) is 10.7. The zero-order valence-electron chi connectivity index (χ0n) is 8.93. The molecule has 0 amide bonds. The fraction of sp³-hybridized carbons (Fsp3) is 0.333. The zero-order valence-corrected chi connectivity index (χ0v) is 8.93. The fourth-order valence-corrected chi connectivity index (χ4v) is 1.73. The summed E-state index contributed by atoms with van der Waals surface area (Å²) in [5.74, 6) is 0.257. The molecule has 0 aliphatic heterocycles. The van der Waals surface area contributed by atoms with E-state index in [9.17, 15) is 9.59 Å². The van der Waals surface area contributed by atoms with Crippen molar-refractivity contribution in [2.75, 3.05) is 0 Å². The van der Waals surface area contributed by atoms with Crippen LogP contribution in [0, 0.1) is 0 Å². The average molecular weight is 220 g/mol. The predicted molar refractivity (Wildman–Crippen MR) is 57.9 cm³/mol. The van der Waals surface area contributed by atoms with Gasteiger partial charge in [0, 0.05) is 31.4 Å². The summed E-state index contributed by atoms with van der Waals surface area (Å²) in [5, 5.41) is 0. The van der Waals surface area contributed by atoms with E-state index in [1.165, 1.54) is 13.0 Å². The molecule has 84 valence electrons. The van der Waals surface area contributed by atoms with E-state index in [2.05, 4.69) is 0 Å². The van der Waals surface area contributed by atoms with Gasteiger partial charge in [-0.3, -0.25) is 4.79 Å². The molecule has 4 heteroatoms. The van der Waals surface area contributed by atoms with Gasteiger partial charge in [-0.15, -0.1) is 0 Å². The van der Waals surface area contributed by atoms with Gasteiger partial charge in [0.05, 0.1) is 0 Å². The molecule has 1 heterocycles. The van der Waals surface area contributed by atoms with Crippen molar-refractivity contribution < 1.29 is 13.9 Å². The lowest BCUT2D eigenvalue weighted by Gasteiger charge is -2.13. The van der Waals surface area contributed by atoms with Crippen molar-refractivity contribution >= 4 is 12.0 Å². The van der Waals surface area contributed by atoms with E-state index in [1.807, 2.05) is 12.2 Å². The Labute approximate surface area is 92.5 Å².